The van der Waals surface area contributed by atoms with E-state index >= 15 is 0 Å². The van der Waals surface area contributed by atoms with E-state index in [1.54, 1.807) is 55.7 Å². The van der Waals surface area contributed by atoms with Gasteiger partial charge in [0.05, 0.1) is 36.5 Å². The van der Waals surface area contributed by atoms with Gasteiger partial charge in [-0.3, -0.25) is 4.79 Å². The lowest BCUT2D eigenvalue weighted by Gasteiger charge is -2.18. The Morgan fingerprint density at radius 1 is 1.17 bits per heavy atom. The lowest BCUT2D eigenvalue weighted by atomic mass is 10.1. The third-order valence-corrected chi connectivity index (χ3v) is 4.72. The Kier molecular flexibility index (Phi) is 4.66. The first-order valence-corrected chi connectivity index (χ1v) is 8.26. The van der Waals surface area contributed by atoms with Crippen molar-refractivity contribution in [1.82, 2.24) is 9.88 Å². The first-order chi connectivity index (χ1) is 11.6. The van der Waals surface area contributed by atoms with Crippen molar-refractivity contribution in [2.24, 2.45) is 0 Å². The highest BCUT2D eigenvalue weighted by atomic mass is 32.1. The number of ether oxygens (including phenoxy) is 2. The van der Waals surface area contributed by atoms with E-state index in [2.05, 4.69) is 4.98 Å². The summed E-state index contributed by atoms with van der Waals surface area (Å²) in [5.74, 6) is 1.01. The predicted octanol–water partition coefficient (Wildman–Crippen LogP) is 3.59. The molecule has 24 heavy (non-hydrogen) atoms. The van der Waals surface area contributed by atoms with Crippen molar-refractivity contribution in [2.45, 2.75) is 6.54 Å². The van der Waals surface area contributed by atoms with Crippen LogP contribution in [0, 0.1) is 0 Å². The normalized spacial score (nSPS) is 10.6. The number of methoxy groups -OCH3 is 2. The third-order valence-electron chi connectivity index (χ3n) is 3.69. The van der Waals surface area contributed by atoms with Crippen LogP contribution in [0.2, 0.25) is 0 Å². The number of hydrogen-bond acceptors (Lipinski definition) is 5. The molecule has 0 fully saturated rings. The fraction of sp³-hybridized carbons (Fsp3) is 0.222. The topological polar surface area (TPSA) is 51.7 Å². The van der Waals surface area contributed by atoms with E-state index in [-0.39, 0.29) is 5.91 Å². The van der Waals surface area contributed by atoms with Crippen LogP contribution in [0.3, 0.4) is 0 Å². The molecule has 3 aromatic rings. The zero-order chi connectivity index (χ0) is 17.1. The molecule has 0 N–H and O–H groups in total. The van der Waals surface area contributed by atoms with Crippen molar-refractivity contribution in [3.8, 4) is 11.5 Å². The SMILES string of the molecule is COc1ccc(OC)c(C(=O)N(C)Cc2nc3ccccc3s2)c1. The van der Waals surface area contributed by atoms with E-state index in [4.69, 9.17) is 9.47 Å². The second kappa shape index (κ2) is 6.88. The number of amides is 1. The Bertz CT molecular complexity index is 843. The predicted molar refractivity (Wildman–Crippen MR) is 95.0 cm³/mol. The quantitative estimate of drug-likeness (QED) is 0.711. The van der Waals surface area contributed by atoms with E-state index in [1.807, 2.05) is 24.3 Å². The van der Waals surface area contributed by atoms with Crippen molar-refractivity contribution in [1.29, 1.82) is 0 Å². The number of aromatic nitrogens is 1. The van der Waals surface area contributed by atoms with Crippen LogP contribution < -0.4 is 9.47 Å². The summed E-state index contributed by atoms with van der Waals surface area (Å²) in [6.07, 6.45) is 0. The van der Waals surface area contributed by atoms with Gasteiger partial charge in [-0.05, 0) is 30.3 Å². The molecule has 0 aliphatic carbocycles. The third kappa shape index (κ3) is 3.19. The lowest BCUT2D eigenvalue weighted by Crippen LogP contribution is -2.26. The Hall–Kier alpha value is -2.60. The van der Waals surface area contributed by atoms with Gasteiger partial charge in [0, 0.05) is 7.05 Å². The smallest absolute Gasteiger partial charge is 0.257 e. The van der Waals surface area contributed by atoms with Gasteiger partial charge in [-0.2, -0.15) is 0 Å². The summed E-state index contributed by atoms with van der Waals surface area (Å²) >= 11 is 1.59. The highest BCUT2D eigenvalue weighted by molar-refractivity contribution is 7.18. The van der Waals surface area contributed by atoms with Gasteiger partial charge in [-0.15, -0.1) is 11.3 Å². The van der Waals surface area contributed by atoms with Crippen molar-refractivity contribution in [2.75, 3.05) is 21.3 Å². The maximum absolute atomic E-state index is 12.8. The van der Waals surface area contributed by atoms with Gasteiger partial charge in [0.15, 0.2) is 0 Å². The number of hydrogen-bond donors (Lipinski definition) is 0. The fourth-order valence-electron chi connectivity index (χ4n) is 2.45. The molecule has 2 aromatic carbocycles. The lowest BCUT2D eigenvalue weighted by molar-refractivity contribution is 0.0781. The second-order valence-corrected chi connectivity index (χ2v) is 6.42. The summed E-state index contributed by atoms with van der Waals surface area (Å²) in [4.78, 5) is 19.0. The van der Waals surface area contributed by atoms with Gasteiger partial charge in [0.1, 0.15) is 16.5 Å². The van der Waals surface area contributed by atoms with Crippen LogP contribution >= 0.6 is 11.3 Å². The Morgan fingerprint density at radius 2 is 1.96 bits per heavy atom. The van der Waals surface area contributed by atoms with Crippen molar-refractivity contribution >= 4 is 27.5 Å². The summed E-state index contributed by atoms with van der Waals surface area (Å²) < 4.78 is 11.6. The molecule has 124 valence electrons. The van der Waals surface area contributed by atoms with Crippen molar-refractivity contribution < 1.29 is 14.3 Å². The van der Waals surface area contributed by atoms with Gasteiger partial charge in [-0.1, -0.05) is 12.1 Å². The van der Waals surface area contributed by atoms with Crippen LogP contribution in [-0.2, 0) is 6.54 Å². The first kappa shape index (κ1) is 16.3. The minimum Gasteiger partial charge on any atom is -0.497 e. The van der Waals surface area contributed by atoms with Crippen LogP contribution in [0.15, 0.2) is 42.5 Å². The Balaban J connectivity index is 1.84. The van der Waals surface area contributed by atoms with Gasteiger partial charge in [-0.25, -0.2) is 4.98 Å². The number of nitrogens with zero attached hydrogens (tertiary/aromatic N) is 2. The van der Waals surface area contributed by atoms with E-state index in [0.717, 1.165) is 15.2 Å². The standard InChI is InChI=1S/C18H18N2O3S/c1-20(11-17-19-14-6-4-5-7-16(14)24-17)18(21)13-10-12(22-2)8-9-15(13)23-3/h4-10H,11H2,1-3H3. The molecule has 0 saturated heterocycles. The van der Waals surface area contributed by atoms with Gasteiger partial charge >= 0.3 is 0 Å². The van der Waals surface area contributed by atoms with Crippen molar-refractivity contribution in [3.05, 3.63) is 53.0 Å². The van der Waals surface area contributed by atoms with Crippen LogP contribution in [0.5, 0.6) is 11.5 Å². The largest absolute Gasteiger partial charge is 0.497 e. The molecule has 0 aliphatic rings. The van der Waals surface area contributed by atoms with E-state index in [0.29, 0.717) is 23.6 Å². The number of rotatable bonds is 5. The van der Waals surface area contributed by atoms with E-state index < -0.39 is 0 Å². The maximum Gasteiger partial charge on any atom is 0.257 e. The summed E-state index contributed by atoms with van der Waals surface area (Å²) in [6, 6.07) is 13.1. The number of para-hydroxylation sites is 1. The van der Waals surface area contributed by atoms with Crippen LogP contribution in [0.1, 0.15) is 15.4 Å². The number of benzene rings is 2. The first-order valence-electron chi connectivity index (χ1n) is 7.44. The zero-order valence-corrected chi connectivity index (χ0v) is 14.6. The van der Waals surface area contributed by atoms with Crippen LogP contribution in [0.25, 0.3) is 10.2 Å². The van der Waals surface area contributed by atoms with Gasteiger partial charge in [0.25, 0.3) is 5.91 Å². The average Bonchev–Trinajstić information content (AvgIpc) is 3.02. The molecule has 1 heterocycles. The zero-order valence-electron chi connectivity index (χ0n) is 13.8. The molecule has 0 spiro atoms. The fourth-order valence-corrected chi connectivity index (χ4v) is 3.47. The molecular weight excluding hydrogens is 324 g/mol. The molecule has 0 saturated carbocycles. The summed E-state index contributed by atoms with van der Waals surface area (Å²) in [7, 11) is 4.88. The molecule has 0 aliphatic heterocycles. The number of carbonyl (C=O) groups excluding carboxylic acids is 1. The Morgan fingerprint density at radius 3 is 2.67 bits per heavy atom. The minimum absolute atomic E-state index is 0.134. The molecule has 6 heteroatoms. The summed E-state index contributed by atoms with van der Waals surface area (Å²) in [5.41, 5.74) is 1.43. The molecule has 5 nitrogen and oxygen atoms in total. The highest BCUT2D eigenvalue weighted by Gasteiger charge is 2.19. The number of fused-ring (bicyclic) bond motifs is 1. The average molecular weight is 342 g/mol. The second-order valence-electron chi connectivity index (χ2n) is 5.30. The molecule has 1 aromatic heterocycles. The number of carbonyl (C=O) groups is 1. The van der Waals surface area contributed by atoms with Gasteiger partial charge in [0.2, 0.25) is 0 Å². The molecule has 0 radical (unpaired) electrons. The molecule has 3 rings (SSSR count). The molecule has 0 unspecified atom stereocenters. The molecular formula is C18H18N2O3S. The molecule has 1 amide bonds. The monoisotopic (exact) mass is 342 g/mol. The number of thiazole rings is 1. The maximum atomic E-state index is 12.8. The van der Waals surface area contributed by atoms with Crippen molar-refractivity contribution in [3.63, 3.8) is 0 Å². The summed E-state index contributed by atoms with van der Waals surface area (Å²) in [6.45, 7) is 0.443. The minimum atomic E-state index is -0.134. The summed E-state index contributed by atoms with van der Waals surface area (Å²) in [5, 5.41) is 0.897. The highest BCUT2D eigenvalue weighted by Crippen LogP contribution is 2.27. The molecule has 0 atom stereocenters. The van der Waals surface area contributed by atoms with Crippen LogP contribution in [0.4, 0.5) is 0 Å². The van der Waals surface area contributed by atoms with Gasteiger partial charge < -0.3 is 14.4 Å². The molecule has 0 bridgehead atoms. The van der Waals surface area contributed by atoms with Crippen LogP contribution in [-0.4, -0.2) is 37.1 Å². The van der Waals surface area contributed by atoms with E-state index in [9.17, 15) is 4.79 Å². The van der Waals surface area contributed by atoms with E-state index in [1.165, 1.54) is 0 Å². The Labute approximate surface area is 144 Å².